The van der Waals surface area contributed by atoms with Crippen molar-refractivity contribution in [2.24, 2.45) is 0 Å². The van der Waals surface area contributed by atoms with Crippen LogP contribution in [0.2, 0.25) is 0 Å². The number of rotatable bonds is 6. The molecule has 3 aromatic rings. The van der Waals surface area contributed by atoms with Crippen LogP contribution in [0, 0.1) is 11.3 Å². The van der Waals surface area contributed by atoms with Crippen LogP contribution in [-0.4, -0.2) is 31.8 Å². The van der Waals surface area contributed by atoms with E-state index in [1.54, 1.807) is 47.4 Å². The number of benzene rings is 3. The van der Waals surface area contributed by atoms with Crippen molar-refractivity contribution < 1.29 is 13.2 Å². The first-order valence-corrected chi connectivity index (χ1v) is 11.4. The van der Waals surface area contributed by atoms with Crippen molar-refractivity contribution in [2.45, 2.75) is 23.9 Å². The Morgan fingerprint density at radius 2 is 1.68 bits per heavy atom. The molecular formula is C24H21N3O3S. The van der Waals surface area contributed by atoms with Crippen LogP contribution in [-0.2, 0) is 21.4 Å². The number of amides is 1. The minimum Gasteiger partial charge on any atom is -0.337 e. The molecule has 1 aliphatic rings. The van der Waals surface area contributed by atoms with Crippen molar-refractivity contribution >= 4 is 15.9 Å². The summed E-state index contributed by atoms with van der Waals surface area (Å²) in [5, 5.41) is 9.03. The average Bonchev–Trinajstić information content (AvgIpc) is 3.13. The second kappa shape index (κ2) is 8.72. The summed E-state index contributed by atoms with van der Waals surface area (Å²) in [6.45, 7) is 0.800. The molecule has 1 fully saturated rings. The fourth-order valence-electron chi connectivity index (χ4n) is 3.68. The van der Waals surface area contributed by atoms with E-state index in [0.717, 1.165) is 16.7 Å². The molecule has 1 saturated heterocycles. The van der Waals surface area contributed by atoms with E-state index in [0.29, 0.717) is 25.1 Å². The van der Waals surface area contributed by atoms with E-state index in [1.807, 2.05) is 36.4 Å². The number of sulfonamides is 1. The maximum atomic E-state index is 12.8. The summed E-state index contributed by atoms with van der Waals surface area (Å²) in [5.41, 5.74) is 3.29. The topological polar surface area (TPSA) is 90.3 Å². The lowest BCUT2D eigenvalue weighted by atomic mass is 10.1. The number of carbonyl (C=O) groups is 1. The Labute approximate surface area is 181 Å². The van der Waals surface area contributed by atoms with E-state index >= 15 is 0 Å². The lowest BCUT2D eigenvalue weighted by molar-refractivity contribution is -0.129. The van der Waals surface area contributed by atoms with Gasteiger partial charge in [0.15, 0.2) is 0 Å². The molecule has 0 aliphatic carbocycles. The Morgan fingerprint density at radius 1 is 0.968 bits per heavy atom. The molecule has 1 N–H and O–H groups in total. The molecule has 4 rings (SSSR count). The van der Waals surface area contributed by atoms with Crippen molar-refractivity contribution in [3.05, 3.63) is 90.0 Å². The quantitative estimate of drug-likeness (QED) is 0.648. The summed E-state index contributed by atoms with van der Waals surface area (Å²) in [6, 6.07) is 24.7. The van der Waals surface area contributed by atoms with Crippen LogP contribution >= 0.6 is 0 Å². The number of likely N-dealkylation sites (tertiary alicyclic amines) is 1. The van der Waals surface area contributed by atoms with Crippen LogP contribution in [0.5, 0.6) is 0 Å². The lowest BCUT2D eigenvalue weighted by Gasteiger charge is -2.17. The fourth-order valence-corrected chi connectivity index (χ4v) is 4.90. The van der Waals surface area contributed by atoms with Gasteiger partial charge in [0, 0.05) is 13.1 Å². The van der Waals surface area contributed by atoms with Gasteiger partial charge in [-0.15, -0.1) is 0 Å². The van der Waals surface area contributed by atoms with E-state index in [9.17, 15) is 13.2 Å². The maximum Gasteiger partial charge on any atom is 0.241 e. The van der Waals surface area contributed by atoms with Gasteiger partial charge >= 0.3 is 0 Å². The molecule has 0 unspecified atom stereocenters. The van der Waals surface area contributed by atoms with E-state index < -0.39 is 16.1 Å². The highest BCUT2D eigenvalue weighted by Crippen LogP contribution is 2.22. The molecule has 3 aromatic carbocycles. The number of carbonyl (C=O) groups excluding carboxylic acids is 1. The molecule has 156 valence electrons. The molecule has 31 heavy (non-hydrogen) atoms. The Hall–Kier alpha value is -3.47. The number of nitriles is 1. The Morgan fingerprint density at radius 3 is 2.39 bits per heavy atom. The van der Waals surface area contributed by atoms with Crippen molar-refractivity contribution in [2.75, 3.05) is 6.54 Å². The normalized spacial score (nSPS) is 16.3. The number of nitrogens with one attached hydrogen (secondary N) is 1. The van der Waals surface area contributed by atoms with E-state index in [-0.39, 0.29) is 10.8 Å². The molecule has 0 aromatic heterocycles. The SMILES string of the molecule is N#Cc1cccc(CN2CC[C@H](NS(=O)(=O)c3ccc(-c4ccccc4)cc3)C2=O)c1. The van der Waals surface area contributed by atoms with E-state index in [2.05, 4.69) is 10.8 Å². The number of nitrogens with zero attached hydrogens (tertiary/aromatic N) is 2. The van der Waals surface area contributed by atoms with Crippen LogP contribution in [0.1, 0.15) is 17.5 Å². The van der Waals surface area contributed by atoms with Crippen molar-refractivity contribution in [3.63, 3.8) is 0 Å². The minimum atomic E-state index is -3.82. The van der Waals surface area contributed by atoms with Crippen molar-refractivity contribution in [1.29, 1.82) is 5.26 Å². The highest BCUT2D eigenvalue weighted by atomic mass is 32.2. The summed E-state index contributed by atoms with van der Waals surface area (Å²) in [6.07, 6.45) is 0.401. The van der Waals surface area contributed by atoms with Crippen molar-refractivity contribution in [3.8, 4) is 17.2 Å². The van der Waals surface area contributed by atoms with Crippen LogP contribution in [0.25, 0.3) is 11.1 Å². The minimum absolute atomic E-state index is 0.125. The fraction of sp³-hybridized carbons (Fsp3) is 0.167. The third-order valence-corrected chi connectivity index (χ3v) is 6.78. The van der Waals surface area contributed by atoms with E-state index in [1.165, 1.54) is 0 Å². The van der Waals surface area contributed by atoms with Gasteiger partial charge in [-0.3, -0.25) is 4.79 Å². The molecule has 1 atom stereocenters. The van der Waals surface area contributed by atoms with Crippen LogP contribution in [0.3, 0.4) is 0 Å². The van der Waals surface area contributed by atoms with Gasteiger partial charge in [0.25, 0.3) is 0 Å². The zero-order valence-electron chi connectivity index (χ0n) is 16.7. The summed E-state index contributed by atoms with van der Waals surface area (Å²) < 4.78 is 28.2. The Balaban J connectivity index is 1.43. The monoisotopic (exact) mass is 431 g/mol. The number of hydrogen-bond donors (Lipinski definition) is 1. The molecule has 0 spiro atoms. The molecule has 1 heterocycles. The Bertz CT molecular complexity index is 1230. The predicted molar refractivity (Wildman–Crippen MR) is 117 cm³/mol. The summed E-state index contributed by atoms with van der Waals surface area (Å²) in [7, 11) is -3.82. The average molecular weight is 432 g/mol. The van der Waals surface area contributed by atoms with Crippen molar-refractivity contribution in [1.82, 2.24) is 9.62 Å². The number of hydrogen-bond acceptors (Lipinski definition) is 4. The molecule has 0 saturated carbocycles. The van der Waals surface area contributed by atoms with Gasteiger partial charge in [-0.1, -0.05) is 54.6 Å². The zero-order valence-corrected chi connectivity index (χ0v) is 17.5. The Kier molecular flexibility index (Phi) is 5.85. The maximum absolute atomic E-state index is 12.8. The first kappa shape index (κ1) is 20.8. The van der Waals surface area contributed by atoms with Gasteiger partial charge in [-0.05, 0) is 47.4 Å². The zero-order chi connectivity index (χ0) is 21.8. The standard InChI is InChI=1S/C24H21N3O3S/c25-16-18-5-4-6-19(15-18)17-27-14-13-23(24(27)28)26-31(29,30)22-11-9-21(10-12-22)20-7-2-1-3-8-20/h1-12,15,23,26H,13-14,17H2/t23-/m0/s1. The molecule has 1 aliphatic heterocycles. The highest BCUT2D eigenvalue weighted by molar-refractivity contribution is 7.89. The van der Waals surface area contributed by atoms with E-state index in [4.69, 9.17) is 5.26 Å². The smallest absolute Gasteiger partial charge is 0.241 e. The first-order valence-electron chi connectivity index (χ1n) is 9.92. The first-order chi connectivity index (χ1) is 15.0. The summed E-state index contributed by atoms with van der Waals surface area (Å²) in [5.74, 6) is -0.258. The third-order valence-electron chi connectivity index (χ3n) is 5.30. The van der Waals surface area contributed by atoms with Gasteiger partial charge in [0.1, 0.15) is 6.04 Å². The highest BCUT2D eigenvalue weighted by Gasteiger charge is 2.34. The molecule has 6 nitrogen and oxygen atoms in total. The largest absolute Gasteiger partial charge is 0.337 e. The van der Waals surface area contributed by atoms with Gasteiger partial charge < -0.3 is 4.90 Å². The van der Waals surface area contributed by atoms with Crippen LogP contribution < -0.4 is 4.72 Å². The molecule has 0 bridgehead atoms. The van der Waals surface area contributed by atoms with Gasteiger partial charge in [0.2, 0.25) is 15.9 Å². The van der Waals surface area contributed by atoms with Gasteiger partial charge in [-0.25, -0.2) is 8.42 Å². The summed E-state index contributed by atoms with van der Waals surface area (Å²) >= 11 is 0. The van der Waals surface area contributed by atoms with Gasteiger partial charge in [0.05, 0.1) is 16.5 Å². The molecule has 7 heteroatoms. The molecule has 1 amide bonds. The second-order valence-corrected chi connectivity index (χ2v) is 9.14. The van der Waals surface area contributed by atoms with Gasteiger partial charge in [-0.2, -0.15) is 9.98 Å². The molecular weight excluding hydrogens is 410 g/mol. The lowest BCUT2D eigenvalue weighted by Crippen LogP contribution is -2.41. The molecule has 0 radical (unpaired) electrons. The predicted octanol–water partition coefficient (Wildman–Crippen LogP) is 3.30. The van der Waals surface area contributed by atoms with Crippen LogP contribution in [0.4, 0.5) is 0 Å². The summed E-state index contributed by atoms with van der Waals surface area (Å²) in [4.78, 5) is 14.5. The third kappa shape index (κ3) is 4.66. The second-order valence-electron chi connectivity index (χ2n) is 7.42. The van der Waals surface area contributed by atoms with Crippen LogP contribution in [0.15, 0.2) is 83.8 Å².